The average molecular weight is 610 g/mol. The predicted octanol–water partition coefficient (Wildman–Crippen LogP) is 6.49. The zero-order valence-electron chi connectivity index (χ0n) is 23.1. The Balaban J connectivity index is 1.37. The number of hydrogen-bond acceptors (Lipinski definition) is 5. The number of halogens is 3. The van der Waals surface area contributed by atoms with Gasteiger partial charge in [0.15, 0.2) is 0 Å². The molecule has 8 nitrogen and oxygen atoms in total. The highest BCUT2D eigenvalue weighted by atomic mass is 32.2. The second kappa shape index (κ2) is 12.8. The molecule has 4 aromatic rings. The molecule has 3 N–H and O–H groups in total. The van der Waals surface area contributed by atoms with Gasteiger partial charge in [0.25, 0.3) is 10.0 Å². The fourth-order valence-corrected chi connectivity index (χ4v) is 6.24. The summed E-state index contributed by atoms with van der Waals surface area (Å²) in [5.74, 6) is 0. The number of urea groups is 1. The van der Waals surface area contributed by atoms with Crippen LogP contribution in [0.5, 0.6) is 0 Å². The van der Waals surface area contributed by atoms with Crippen LogP contribution in [0.1, 0.15) is 29.5 Å². The van der Waals surface area contributed by atoms with Crippen molar-refractivity contribution in [3.63, 3.8) is 0 Å². The van der Waals surface area contributed by atoms with E-state index in [1.807, 2.05) is 18.2 Å². The van der Waals surface area contributed by atoms with Crippen LogP contribution in [0.15, 0.2) is 96.2 Å². The van der Waals surface area contributed by atoms with Gasteiger partial charge in [-0.1, -0.05) is 36.4 Å². The summed E-state index contributed by atoms with van der Waals surface area (Å²) in [5, 5.41) is 5.34. The lowest BCUT2D eigenvalue weighted by Crippen LogP contribution is -2.28. The standard InChI is InChI=1S/C31H30F3N5O3S/c32-31(33,34)24-9-14-28(27-8-2-1-7-23(27)21-39-16-3-4-17-39)29(18-24)43(41,42)38-26-12-10-25(11-13-26)37-30(40)36-20-22-6-5-15-35-19-22/h1-2,5-15,18-19,38H,3-4,16-17,20-21H2,(H2,36,37,40). The van der Waals surface area contributed by atoms with Crippen molar-refractivity contribution < 1.29 is 26.4 Å². The van der Waals surface area contributed by atoms with E-state index in [-0.39, 0.29) is 17.8 Å². The van der Waals surface area contributed by atoms with Gasteiger partial charge in [-0.2, -0.15) is 13.2 Å². The van der Waals surface area contributed by atoms with Gasteiger partial charge in [0.05, 0.1) is 10.5 Å². The summed E-state index contributed by atoms with van der Waals surface area (Å²) in [6, 6.07) is 18.9. The van der Waals surface area contributed by atoms with Crippen LogP contribution in [0.2, 0.25) is 0 Å². The van der Waals surface area contributed by atoms with Crippen LogP contribution in [0, 0.1) is 0 Å². The largest absolute Gasteiger partial charge is 0.416 e. The number of pyridine rings is 1. The van der Waals surface area contributed by atoms with E-state index in [1.54, 1.807) is 30.6 Å². The predicted molar refractivity (Wildman–Crippen MR) is 159 cm³/mol. The van der Waals surface area contributed by atoms with Crippen molar-refractivity contribution in [3.05, 3.63) is 108 Å². The summed E-state index contributed by atoms with van der Waals surface area (Å²) in [4.78, 5) is 18.0. The molecule has 0 atom stereocenters. The minimum absolute atomic E-state index is 0.120. The monoisotopic (exact) mass is 609 g/mol. The lowest BCUT2D eigenvalue weighted by molar-refractivity contribution is -0.137. The molecule has 1 saturated heterocycles. The Hall–Kier alpha value is -4.42. The number of nitrogens with zero attached hydrogens (tertiary/aromatic N) is 2. The first-order valence-electron chi connectivity index (χ1n) is 13.7. The third-order valence-corrected chi connectivity index (χ3v) is 8.49. The van der Waals surface area contributed by atoms with E-state index in [9.17, 15) is 26.4 Å². The Morgan fingerprint density at radius 1 is 0.884 bits per heavy atom. The fraction of sp³-hybridized carbons (Fsp3) is 0.226. The van der Waals surface area contributed by atoms with Gasteiger partial charge in [-0.25, -0.2) is 13.2 Å². The minimum atomic E-state index is -4.73. The molecular formula is C31H30F3N5O3S. The topological polar surface area (TPSA) is 103 Å². The number of alkyl halides is 3. The SMILES string of the molecule is O=C(NCc1cccnc1)Nc1ccc(NS(=O)(=O)c2cc(C(F)(F)F)ccc2-c2ccccc2CN2CCCC2)cc1. The molecule has 0 unspecified atom stereocenters. The first-order valence-corrected chi connectivity index (χ1v) is 15.2. The molecular weight excluding hydrogens is 579 g/mol. The second-order valence-corrected chi connectivity index (χ2v) is 11.9. The van der Waals surface area contributed by atoms with E-state index in [4.69, 9.17) is 0 Å². The van der Waals surface area contributed by atoms with Crippen molar-refractivity contribution in [2.24, 2.45) is 0 Å². The van der Waals surface area contributed by atoms with Crippen molar-refractivity contribution in [1.82, 2.24) is 15.2 Å². The molecule has 1 aliphatic rings. The molecule has 0 aliphatic carbocycles. The molecule has 0 saturated carbocycles. The average Bonchev–Trinajstić information content (AvgIpc) is 3.50. The van der Waals surface area contributed by atoms with Crippen LogP contribution in [0.25, 0.3) is 11.1 Å². The molecule has 43 heavy (non-hydrogen) atoms. The van der Waals surface area contributed by atoms with Gasteiger partial charge in [0.2, 0.25) is 0 Å². The second-order valence-electron chi connectivity index (χ2n) is 10.2. The fourth-order valence-electron chi connectivity index (χ4n) is 4.94. The number of benzene rings is 3. The van der Waals surface area contributed by atoms with Gasteiger partial charge in [0, 0.05) is 42.4 Å². The number of likely N-dealkylation sites (tertiary alicyclic amines) is 1. The molecule has 5 rings (SSSR count). The maximum atomic E-state index is 13.7. The third-order valence-electron chi connectivity index (χ3n) is 7.07. The van der Waals surface area contributed by atoms with Crippen molar-refractivity contribution in [1.29, 1.82) is 0 Å². The van der Waals surface area contributed by atoms with E-state index in [0.717, 1.165) is 43.1 Å². The van der Waals surface area contributed by atoms with Crippen LogP contribution in [0.4, 0.5) is 29.3 Å². The number of rotatable bonds is 9. The zero-order chi connectivity index (χ0) is 30.5. The maximum Gasteiger partial charge on any atom is 0.416 e. The summed E-state index contributed by atoms with van der Waals surface area (Å²) < 4.78 is 70.8. The van der Waals surface area contributed by atoms with Crippen LogP contribution in [0.3, 0.4) is 0 Å². The lowest BCUT2D eigenvalue weighted by Gasteiger charge is -2.20. The van der Waals surface area contributed by atoms with Crippen molar-refractivity contribution in [2.75, 3.05) is 23.1 Å². The molecule has 1 fully saturated rings. The Morgan fingerprint density at radius 2 is 1.60 bits per heavy atom. The first-order chi connectivity index (χ1) is 20.6. The highest BCUT2D eigenvalue weighted by Gasteiger charge is 2.33. The molecule has 2 amide bonds. The van der Waals surface area contributed by atoms with Crippen LogP contribution >= 0.6 is 0 Å². The maximum absolute atomic E-state index is 13.7. The Labute approximate surface area is 248 Å². The third kappa shape index (κ3) is 7.70. The molecule has 0 spiro atoms. The van der Waals surface area contributed by atoms with Crippen molar-refractivity contribution in [2.45, 2.75) is 37.0 Å². The summed E-state index contributed by atoms with van der Waals surface area (Å²) >= 11 is 0. The smallest absolute Gasteiger partial charge is 0.334 e. The highest BCUT2D eigenvalue weighted by molar-refractivity contribution is 7.92. The van der Waals surface area contributed by atoms with E-state index in [2.05, 4.69) is 25.2 Å². The molecule has 224 valence electrons. The molecule has 12 heteroatoms. The van der Waals surface area contributed by atoms with E-state index in [1.165, 1.54) is 30.3 Å². The molecule has 1 aromatic heterocycles. The number of aromatic nitrogens is 1. The normalized spacial score (nSPS) is 13.9. The number of amides is 2. The number of nitrogens with one attached hydrogen (secondary N) is 3. The Kier molecular flexibility index (Phi) is 8.97. The van der Waals surface area contributed by atoms with Gasteiger partial charge in [-0.15, -0.1) is 0 Å². The van der Waals surface area contributed by atoms with Gasteiger partial charge in [-0.05, 0) is 85.1 Å². The minimum Gasteiger partial charge on any atom is -0.334 e. The summed E-state index contributed by atoms with van der Waals surface area (Å²) in [6.45, 7) is 2.64. The highest BCUT2D eigenvalue weighted by Crippen LogP contribution is 2.37. The van der Waals surface area contributed by atoms with Crippen LogP contribution in [-0.4, -0.2) is 37.4 Å². The number of carbonyl (C=O) groups is 1. The number of hydrogen-bond donors (Lipinski definition) is 3. The molecule has 0 bridgehead atoms. The Morgan fingerprint density at radius 3 is 2.30 bits per heavy atom. The van der Waals surface area contributed by atoms with Gasteiger partial charge in [0.1, 0.15) is 0 Å². The van der Waals surface area contributed by atoms with Gasteiger partial charge in [-0.3, -0.25) is 14.6 Å². The van der Waals surface area contributed by atoms with Gasteiger partial charge < -0.3 is 10.6 Å². The summed E-state index contributed by atoms with van der Waals surface area (Å²) in [7, 11) is -4.46. The van der Waals surface area contributed by atoms with E-state index in [0.29, 0.717) is 23.9 Å². The summed E-state index contributed by atoms with van der Waals surface area (Å²) in [6.07, 6.45) is 0.653. The van der Waals surface area contributed by atoms with E-state index < -0.39 is 32.7 Å². The molecule has 1 aliphatic heterocycles. The number of anilines is 2. The molecule has 2 heterocycles. The number of sulfonamides is 1. The zero-order valence-corrected chi connectivity index (χ0v) is 23.9. The van der Waals surface area contributed by atoms with Crippen molar-refractivity contribution >= 4 is 27.4 Å². The van der Waals surface area contributed by atoms with E-state index >= 15 is 0 Å². The van der Waals surface area contributed by atoms with Crippen molar-refractivity contribution in [3.8, 4) is 11.1 Å². The lowest BCUT2D eigenvalue weighted by atomic mass is 9.98. The van der Waals surface area contributed by atoms with Crippen LogP contribution in [-0.2, 0) is 29.3 Å². The van der Waals surface area contributed by atoms with Crippen LogP contribution < -0.4 is 15.4 Å². The number of carbonyl (C=O) groups excluding carboxylic acids is 1. The molecule has 3 aromatic carbocycles. The first kappa shape index (κ1) is 30.1. The molecule has 0 radical (unpaired) electrons. The van der Waals surface area contributed by atoms with Gasteiger partial charge >= 0.3 is 12.2 Å². The quantitative estimate of drug-likeness (QED) is 0.201. The Bertz CT molecular complexity index is 1680. The summed E-state index contributed by atoms with van der Waals surface area (Å²) in [5.41, 5.74) is 1.83.